The number of halogens is 2. The molecular formula is C22H27BrClN3O4S. The van der Waals surface area contributed by atoms with Gasteiger partial charge < -0.3 is 10.2 Å². The summed E-state index contributed by atoms with van der Waals surface area (Å²) in [6.45, 7) is 2.08. The SMILES string of the molecule is CNC(=O)C(C)N(Cc1ccc(Br)cc1)C(=O)CCCN(c1ccc(Cl)cc1)S(C)(=O)=O. The van der Waals surface area contributed by atoms with E-state index in [0.717, 1.165) is 16.3 Å². The van der Waals surface area contributed by atoms with Crippen LogP contribution in [0.4, 0.5) is 5.69 Å². The monoisotopic (exact) mass is 543 g/mol. The van der Waals surface area contributed by atoms with Gasteiger partial charge in [-0.05, 0) is 55.3 Å². The molecule has 0 bridgehead atoms. The predicted octanol–water partition coefficient (Wildman–Crippen LogP) is 3.81. The zero-order valence-electron chi connectivity index (χ0n) is 18.2. The van der Waals surface area contributed by atoms with E-state index >= 15 is 0 Å². The summed E-state index contributed by atoms with van der Waals surface area (Å²) in [5, 5.41) is 3.08. The molecule has 0 aliphatic heterocycles. The molecule has 1 N–H and O–H groups in total. The van der Waals surface area contributed by atoms with Crippen molar-refractivity contribution in [2.75, 3.05) is 24.2 Å². The number of benzene rings is 2. The van der Waals surface area contributed by atoms with Crippen LogP contribution in [0.5, 0.6) is 0 Å². The number of likely N-dealkylation sites (N-methyl/N-ethyl adjacent to an activating group) is 1. The number of nitrogens with one attached hydrogen (secondary N) is 1. The summed E-state index contributed by atoms with van der Waals surface area (Å²) in [6, 6.07) is 13.3. The number of sulfonamides is 1. The lowest BCUT2D eigenvalue weighted by molar-refractivity contribution is -0.140. The summed E-state index contributed by atoms with van der Waals surface area (Å²) in [7, 11) is -2.01. The van der Waals surface area contributed by atoms with E-state index in [2.05, 4.69) is 21.2 Å². The highest BCUT2D eigenvalue weighted by Crippen LogP contribution is 2.21. The van der Waals surface area contributed by atoms with E-state index in [4.69, 9.17) is 11.6 Å². The van der Waals surface area contributed by atoms with Crippen molar-refractivity contribution in [2.24, 2.45) is 0 Å². The quantitative estimate of drug-likeness (QED) is 0.493. The molecule has 2 aromatic rings. The molecule has 0 saturated heterocycles. The summed E-state index contributed by atoms with van der Waals surface area (Å²) in [6.07, 6.45) is 1.51. The molecule has 7 nitrogen and oxygen atoms in total. The van der Waals surface area contributed by atoms with Crippen molar-refractivity contribution in [2.45, 2.75) is 32.4 Å². The number of hydrogen-bond donors (Lipinski definition) is 1. The van der Waals surface area contributed by atoms with E-state index in [-0.39, 0.29) is 31.3 Å². The van der Waals surface area contributed by atoms with E-state index in [9.17, 15) is 18.0 Å². The first-order valence-corrected chi connectivity index (χ1v) is 13.0. The number of carbonyl (C=O) groups is 2. The van der Waals surface area contributed by atoms with Gasteiger partial charge in [0.15, 0.2) is 0 Å². The molecule has 0 saturated carbocycles. The number of hydrogen-bond acceptors (Lipinski definition) is 4. The number of rotatable bonds is 10. The number of carbonyl (C=O) groups excluding carboxylic acids is 2. The van der Waals surface area contributed by atoms with Crippen LogP contribution in [0.2, 0.25) is 5.02 Å². The second-order valence-corrected chi connectivity index (χ2v) is 10.6. The summed E-state index contributed by atoms with van der Waals surface area (Å²) in [4.78, 5) is 26.8. The highest BCUT2D eigenvalue weighted by molar-refractivity contribution is 9.10. The number of nitrogens with zero attached hydrogens (tertiary/aromatic N) is 2. The van der Waals surface area contributed by atoms with E-state index in [1.54, 1.807) is 31.2 Å². The Bertz CT molecular complexity index is 1030. The van der Waals surface area contributed by atoms with Gasteiger partial charge in [0.1, 0.15) is 6.04 Å². The molecule has 0 heterocycles. The predicted molar refractivity (Wildman–Crippen MR) is 131 cm³/mol. The zero-order valence-corrected chi connectivity index (χ0v) is 21.4. The Morgan fingerprint density at radius 1 is 1.09 bits per heavy atom. The van der Waals surface area contributed by atoms with Crippen molar-refractivity contribution >= 4 is 55.1 Å². The first-order valence-electron chi connectivity index (χ1n) is 10.0. The third kappa shape index (κ3) is 7.50. The van der Waals surface area contributed by atoms with Crippen molar-refractivity contribution in [3.8, 4) is 0 Å². The minimum atomic E-state index is -3.54. The molecule has 32 heavy (non-hydrogen) atoms. The van der Waals surface area contributed by atoms with Gasteiger partial charge in [-0.1, -0.05) is 39.7 Å². The molecule has 0 spiro atoms. The highest BCUT2D eigenvalue weighted by Gasteiger charge is 2.26. The van der Waals surface area contributed by atoms with Crippen molar-refractivity contribution in [1.29, 1.82) is 0 Å². The van der Waals surface area contributed by atoms with E-state index in [1.165, 1.54) is 16.3 Å². The summed E-state index contributed by atoms with van der Waals surface area (Å²) < 4.78 is 26.7. The van der Waals surface area contributed by atoms with Crippen LogP contribution in [0.15, 0.2) is 53.0 Å². The third-order valence-electron chi connectivity index (χ3n) is 4.95. The minimum absolute atomic E-state index is 0.0947. The van der Waals surface area contributed by atoms with Crippen LogP contribution < -0.4 is 9.62 Å². The van der Waals surface area contributed by atoms with Gasteiger partial charge in [0.05, 0.1) is 11.9 Å². The van der Waals surface area contributed by atoms with Crippen LogP contribution in [-0.2, 0) is 26.2 Å². The molecular weight excluding hydrogens is 518 g/mol. The fourth-order valence-corrected chi connectivity index (χ4v) is 4.55. The topological polar surface area (TPSA) is 86.8 Å². The molecule has 2 aromatic carbocycles. The molecule has 2 amide bonds. The molecule has 0 aromatic heterocycles. The van der Waals surface area contributed by atoms with Gasteiger partial charge in [-0.25, -0.2) is 8.42 Å². The van der Waals surface area contributed by atoms with E-state index < -0.39 is 16.1 Å². The van der Waals surface area contributed by atoms with Gasteiger partial charge in [-0.15, -0.1) is 0 Å². The van der Waals surface area contributed by atoms with Gasteiger partial charge in [0.2, 0.25) is 21.8 Å². The fraction of sp³-hybridized carbons (Fsp3) is 0.364. The molecule has 2 rings (SSSR count). The molecule has 1 atom stereocenters. The maximum atomic E-state index is 13.0. The second-order valence-electron chi connectivity index (χ2n) is 7.35. The minimum Gasteiger partial charge on any atom is -0.357 e. The third-order valence-corrected chi connectivity index (χ3v) is 6.92. The highest BCUT2D eigenvalue weighted by atomic mass is 79.9. The van der Waals surface area contributed by atoms with Crippen LogP contribution in [-0.4, -0.2) is 51.0 Å². The van der Waals surface area contributed by atoms with E-state index in [0.29, 0.717) is 17.1 Å². The smallest absolute Gasteiger partial charge is 0.242 e. The van der Waals surface area contributed by atoms with Crippen LogP contribution in [0.3, 0.4) is 0 Å². The molecule has 0 radical (unpaired) electrons. The van der Waals surface area contributed by atoms with Gasteiger partial charge in [0, 0.05) is 36.1 Å². The van der Waals surface area contributed by atoms with Gasteiger partial charge in [-0.2, -0.15) is 0 Å². The molecule has 1 unspecified atom stereocenters. The Hall–Kier alpha value is -2.10. The van der Waals surface area contributed by atoms with Gasteiger partial charge >= 0.3 is 0 Å². The summed E-state index contributed by atoms with van der Waals surface area (Å²) in [5.74, 6) is -0.497. The molecule has 0 aliphatic rings. The maximum Gasteiger partial charge on any atom is 0.242 e. The fourth-order valence-electron chi connectivity index (χ4n) is 3.19. The first-order chi connectivity index (χ1) is 15.0. The lowest BCUT2D eigenvalue weighted by Gasteiger charge is -2.29. The van der Waals surface area contributed by atoms with Crippen molar-refractivity contribution in [3.05, 3.63) is 63.6 Å². The second kappa shape index (κ2) is 11.7. The lowest BCUT2D eigenvalue weighted by Crippen LogP contribution is -2.46. The standard InChI is InChI=1S/C22H27BrClN3O4S/c1-16(22(29)25-2)26(15-17-6-8-18(23)9-7-17)21(28)5-4-14-27(32(3,30)31)20-12-10-19(24)11-13-20/h6-13,16H,4-5,14-15H2,1-3H3,(H,25,29). The van der Waals surface area contributed by atoms with Gasteiger partial charge in [-0.3, -0.25) is 13.9 Å². The van der Waals surface area contributed by atoms with Crippen molar-refractivity contribution in [1.82, 2.24) is 10.2 Å². The van der Waals surface area contributed by atoms with Crippen molar-refractivity contribution in [3.63, 3.8) is 0 Å². The molecule has 10 heteroatoms. The van der Waals surface area contributed by atoms with E-state index in [1.807, 2.05) is 24.3 Å². The average molecular weight is 545 g/mol. The lowest BCUT2D eigenvalue weighted by atomic mass is 10.1. The average Bonchev–Trinajstić information content (AvgIpc) is 2.75. The van der Waals surface area contributed by atoms with Crippen LogP contribution in [0.1, 0.15) is 25.3 Å². The van der Waals surface area contributed by atoms with Crippen LogP contribution in [0, 0.1) is 0 Å². The Morgan fingerprint density at radius 3 is 2.22 bits per heavy atom. The van der Waals surface area contributed by atoms with Gasteiger partial charge in [0.25, 0.3) is 0 Å². The Morgan fingerprint density at radius 2 is 1.69 bits per heavy atom. The molecule has 0 fully saturated rings. The zero-order chi connectivity index (χ0) is 23.9. The summed E-state index contributed by atoms with van der Waals surface area (Å²) in [5.41, 5.74) is 1.37. The number of anilines is 1. The Balaban J connectivity index is 2.12. The molecule has 0 aliphatic carbocycles. The first kappa shape index (κ1) is 26.2. The maximum absolute atomic E-state index is 13.0. The summed E-state index contributed by atoms with van der Waals surface area (Å²) >= 11 is 9.29. The Labute approximate surface area is 202 Å². The largest absolute Gasteiger partial charge is 0.357 e. The van der Waals surface area contributed by atoms with Crippen molar-refractivity contribution < 1.29 is 18.0 Å². The molecule has 174 valence electrons. The number of amides is 2. The normalized spacial score (nSPS) is 12.2. The van der Waals surface area contributed by atoms with Crippen LogP contribution in [0.25, 0.3) is 0 Å². The Kier molecular flexibility index (Phi) is 9.54. The van der Waals surface area contributed by atoms with Crippen LogP contribution >= 0.6 is 27.5 Å².